The Balaban J connectivity index is 0.845. The molecule has 14 aromatic rings. The Morgan fingerprint density at radius 3 is 1.78 bits per heavy atom. The van der Waals surface area contributed by atoms with Crippen LogP contribution in [-0.2, 0) is 5.41 Å². The molecule has 0 spiro atoms. The van der Waals surface area contributed by atoms with Gasteiger partial charge in [-0.2, -0.15) is 0 Å². The monoisotopic (exact) mass is 896 g/mol. The van der Waals surface area contributed by atoms with E-state index in [9.17, 15) is 0 Å². The first-order chi connectivity index (χ1) is 33.9. The Hall–Kier alpha value is -8.51. The lowest BCUT2D eigenvalue weighted by Gasteiger charge is -2.21. The predicted molar refractivity (Wildman–Crippen MR) is 290 cm³/mol. The SMILES string of the molecule is CC1(C)c2ccccc2-c2ccc(-c3nc(-c4ccc(-c5ccccc5)cc4)nc(-c4ccc5cc(-c6ccc7c(c6)c6ccc8sc9cccc%10c%11ccccc%11n7c6c8c9%10)ccc5c4)n3)cc21. The quantitative estimate of drug-likeness (QED) is 0.173. The van der Waals surface area contributed by atoms with Crippen LogP contribution in [0.3, 0.4) is 0 Å². The van der Waals surface area contributed by atoms with E-state index in [0.717, 1.165) is 33.0 Å². The molecule has 0 fully saturated rings. The van der Waals surface area contributed by atoms with Gasteiger partial charge in [0.1, 0.15) is 0 Å². The molecule has 69 heavy (non-hydrogen) atoms. The molecule has 0 aliphatic heterocycles. The third kappa shape index (κ3) is 5.65. The number of thiophene rings is 1. The number of aromatic nitrogens is 4. The number of para-hydroxylation sites is 1. The van der Waals surface area contributed by atoms with E-state index in [2.05, 4.69) is 218 Å². The largest absolute Gasteiger partial charge is 0.308 e. The molecule has 4 aromatic heterocycles. The van der Waals surface area contributed by atoms with Crippen LogP contribution in [0.5, 0.6) is 0 Å². The van der Waals surface area contributed by atoms with E-state index >= 15 is 0 Å². The second-order valence-corrected chi connectivity index (χ2v) is 20.2. The summed E-state index contributed by atoms with van der Waals surface area (Å²) in [5, 5.41) is 10.2. The van der Waals surface area contributed by atoms with E-state index in [4.69, 9.17) is 15.0 Å². The molecule has 322 valence electrons. The van der Waals surface area contributed by atoms with Gasteiger partial charge in [0.15, 0.2) is 17.5 Å². The predicted octanol–water partition coefficient (Wildman–Crippen LogP) is 17.2. The summed E-state index contributed by atoms with van der Waals surface area (Å²) in [5.74, 6) is 1.95. The molecule has 0 N–H and O–H groups in total. The highest BCUT2D eigenvalue weighted by atomic mass is 32.1. The molecule has 0 unspecified atom stereocenters. The fourth-order valence-electron chi connectivity index (χ4n) is 11.6. The molecule has 0 saturated heterocycles. The normalized spacial score (nSPS) is 13.2. The van der Waals surface area contributed by atoms with Crippen molar-refractivity contribution in [3.63, 3.8) is 0 Å². The highest BCUT2D eigenvalue weighted by Gasteiger charge is 2.35. The van der Waals surface area contributed by atoms with Crippen LogP contribution in [0, 0.1) is 0 Å². The van der Waals surface area contributed by atoms with Crippen molar-refractivity contribution in [3.05, 3.63) is 217 Å². The summed E-state index contributed by atoms with van der Waals surface area (Å²) in [6.07, 6.45) is 0. The molecule has 4 heterocycles. The molecule has 10 aromatic carbocycles. The fraction of sp³-hybridized carbons (Fsp3) is 0.0469. The van der Waals surface area contributed by atoms with Gasteiger partial charge in [0, 0.05) is 58.4 Å². The Morgan fingerprint density at radius 1 is 0.362 bits per heavy atom. The second kappa shape index (κ2) is 14.3. The van der Waals surface area contributed by atoms with Crippen LogP contribution in [0.15, 0.2) is 206 Å². The molecule has 0 bridgehead atoms. The molecule has 0 saturated carbocycles. The molecule has 4 nitrogen and oxygen atoms in total. The van der Waals surface area contributed by atoms with Crippen LogP contribution < -0.4 is 0 Å². The van der Waals surface area contributed by atoms with Gasteiger partial charge in [-0.25, -0.2) is 15.0 Å². The maximum absolute atomic E-state index is 5.25. The third-order valence-corrected chi connectivity index (χ3v) is 16.1. The maximum Gasteiger partial charge on any atom is 0.164 e. The van der Waals surface area contributed by atoms with Crippen molar-refractivity contribution in [2.75, 3.05) is 0 Å². The van der Waals surface area contributed by atoms with E-state index in [1.807, 2.05) is 17.4 Å². The zero-order valence-electron chi connectivity index (χ0n) is 37.8. The van der Waals surface area contributed by atoms with Gasteiger partial charge >= 0.3 is 0 Å². The number of rotatable bonds is 5. The highest BCUT2D eigenvalue weighted by molar-refractivity contribution is 7.26. The molecule has 0 amide bonds. The molecule has 0 radical (unpaired) electrons. The highest BCUT2D eigenvalue weighted by Crippen LogP contribution is 2.50. The topological polar surface area (TPSA) is 43.1 Å². The van der Waals surface area contributed by atoms with Gasteiger partial charge < -0.3 is 4.40 Å². The fourth-order valence-corrected chi connectivity index (χ4v) is 12.7. The van der Waals surface area contributed by atoms with E-state index < -0.39 is 0 Å². The van der Waals surface area contributed by atoms with Crippen molar-refractivity contribution in [2.24, 2.45) is 0 Å². The lowest BCUT2D eigenvalue weighted by molar-refractivity contribution is 0.660. The average molecular weight is 897 g/mol. The van der Waals surface area contributed by atoms with Crippen LogP contribution in [0.4, 0.5) is 0 Å². The van der Waals surface area contributed by atoms with E-state index in [1.165, 1.54) is 97.2 Å². The summed E-state index contributed by atoms with van der Waals surface area (Å²) in [6, 6.07) is 75.3. The summed E-state index contributed by atoms with van der Waals surface area (Å²) >= 11 is 1.89. The van der Waals surface area contributed by atoms with E-state index in [-0.39, 0.29) is 5.41 Å². The molecular formula is C64H40N4S. The zero-order valence-corrected chi connectivity index (χ0v) is 38.6. The number of fused-ring (bicyclic) bond motifs is 10. The van der Waals surface area contributed by atoms with Gasteiger partial charge in [-0.05, 0) is 109 Å². The number of benzene rings is 10. The summed E-state index contributed by atoms with van der Waals surface area (Å²) in [6.45, 7) is 4.63. The van der Waals surface area contributed by atoms with Crippen LogP contribution in [0.25, 0.3) is 137 Å². The Morgan fingerprint density at radius 2 is 0.942 bits per heavy atom. The molecule has 1 aliphatic rings. The van der Waals surface area contributed by atoms with Gasteiger partial charge in [-0.1, -0.05) is 172 Å². The van der Waals surface area contributed by atoms with Crippen LogP contribution in [-0.4, -0.2) is 19.4 Å². The minimum Gasteiger partial charge on any atom is -0.308 e. The van der Waals surface area contributed by atoms with Crippen molar-refractivity contribution >= 4 is 80.4 Å². The molecule has 0 atom stereocenters. The first-order valence-corrected chi connectivity index (χ1v) is 24.5. The Bertz CT molecular complexity index is 4430. The molecule has 15 rings (SSSR count). The average Bonchev–Trinajstić information content (AvgIpc) is 4.00. The van der Waals surface area contributed by atoms with Crippen molar-refractivity contribution in [1.29, 1.82) is 0 Å². The van der Waals surface area contributed by atoms with Crippen molar-refractivity contribution < 1.29 is 0 Å². The molecular weight excluding hydrogens is 857 g/mol. The lowest BCUT2D eigenvalue weighted by atomic mass is 9.82. The van der Waals surface area contributed by atoms with E-state index in [1.54, 1.807) is 0 Å². The van der Waals surface area contributed by atoms with Crippen LogP contribution >= 0.6 is 11.3 Å². The van der Waals surface area contributed by atoms with Gasteiger partial charge in [-0.3, -0.25) is 0 Å². The number of nitrogens with zero attached hydrogens (tertiary/aromatic N) is 4. The van der Waals surface area contributed by atoms with Gasteiger partial charge in [0.05, 0.1) is 16.6 Å². The summed E-state index contributed by atoms with van der Waals surface area (Å²) in [4.78, 5) is 15.6. The second-order valence-electron chi connectivity index (χ2n) is 19.2. The maximum atomic E-state index is 5.25. The number of hydrogen-bond acceptors (Lipinski definition) is 4. The minimum absolute atomic E-state index is 0.147. The summed E-state index contributed by atoms with van der Waals surface area (Å²) in [7, 11) is 0. The van der Waals surface area contributed by atoms with Crippen molar-refractivity contribution in [2.45, 2.75) is 19.3 Å². The first-order valence-electron chi connectivity index (χ1n) is 23.7. The number of hydrogen-bond donors (Lipinski definition) is 0. The van der Waals surface area contributed by atoms with Crippen LogP contribution in [0.1, 0.15) is 25.0 Å². The van der Waals surface area contributed by atoms with Gasteiger partial charge in [0.25, 0.3) is 0 Å². The van der Waals surface area contributed by atoms with Crippen LogP contribution in [0.2, 0.25) is 0 Å². The zero-order chi connectivity index (χ0) is 45.5. The minimum atomic E-state index is -0.147. The molecule has 1 aliphatic carbocycles. The standard InChI is InChI=1S/C64H40N4S/c1-64(2)52-16-8-6-13-46(52)47-29-27-45(36-53(47)64)63-66-61(39-21-19-38(20-22-39)37-11-4-3-5-12-37)65-62(67-63)44-26-25-40-33-41(23-24-42(40)34-44)43-28-31-55-51(35-43)50-30-32-57-59-58-49(15-10-18-56(58)69-57)48-14-7-9-17-54(48)68(55)60(50)59/h3-36H,1-2H3. The smallest absolute Gasteiger partial charge is 0.164 e. The Labute approximate surface area is 401 Å². The summed E-state index contributed by atoms with van der Waals surface area (Å²) < 4.78 is 5.18. The summed E-state index contributed by atoms with van der Waals surface area (Å²) in [5.41, 5.74) is 16.4. The van der Waals surface area contributed by atoms with E-state index in [0.29, 0.717) is 17.5 Å². The molecule has 5 heteroatoms. The van der Waals surface area contributed by atoms with Gasteiger partial charge in [-0.15, -0.1) is 11.3 Å². The Kier molecular flexibility index (Phi) is 7.97. The lowest BCUT2D eigenvalue weighted by Crippen LogP contribution is -2.15. The third-order valence-electron chi connectivity index (χ3n) is 15.0. The van der Waals surface area contributed by atoms with Gasteiger partial charge in [0.2, 0.25) is 0 Å². The van der Waals surface area contributed by atoms with Crippen molar-refractivity contribution in [3.8, 4) is 67.5 Å². The van der Waals surface area contributed by atoms with Crippen molar-refractivity contribution in [1.82, 2.24) is 19.4 Å². The first kappa shape index (κ1) is 38.6.